The van der Waals surface area contributed by atoms with E-state index in [1.54, 1.807) is 11.3 Å². The van der Waals surface area contributed by atoms with E-state index >= 15 is 0 Å². The van der Waals surface area contributed by atoms with E-state index in [2.05, 4.69) is 5.32 Å². The molecule has 1 aliphatic rings. The summed E-state index contributed by atoms with van der Waals surface area (Å²) in [5.41, 5.74) is 1.11. The Hall–Kier alpha value is -0.870. The fourth-order valence-corrected chi connectivity index (χ4v) is 2.91. The Balaban J connectivity index is 1.48. The number of hydrogen-bond donors (Lipinski definition) is 1. The summed E-state index contributed by atoms with van der Waals surface area (Å²) < 4.78 is 5.56. The van der Waals surface area contributed by atoms with Gasteiger partial charge in [0, 0.05) is 13.2 Å². The molecule has 1 aromatic rings. The summed E-state index contributed by atoms with van der Waals surface area (Å²) in [6, 6.07) is 2.00. The first-order valence-corrected chi connectivity index (χ1v) is 7.68. The molecule has 1 aliphatic heterocycles. The molecule has 0 spiro atoms. The smallest absolute Gasteiger partial charge is 0.224 e. The normalized spacial score (nSPS) is 19.0. The lowest BCUT2D eigenvalue weighted by molar-refractivity contribution is -0.120. The molecule has 1 saturated heterocycles. The van der Waals surface area contributed by atoms with Crippen LogP contribution in [0.1, 0.15) is 37.7 Å². The summed E-state index contributed by atoms with van der Waals surface area (Å²) in [6.07, 6.45) is 6.74. The Bertz CT molecular complexity index is 345. The van der Waals surface area contributed by atoms with E-state index in [0.29, 0.717) is 12.5 Å². The molecule has 1 amide bonds. The largest absolute Gasteiger partial charge is 0.378 e. The van der Waals surface area contributed by atoms with Crippen molar-refractivity contribution in [1.82, 2.24) is 5.32 Å². The Morgan fingerprint density at radius 1 is 1.50 bits per heavy atom. The molecule has 0 aromatic carbocycles. The Kier molecular flexibility index (Phi) is 5.68. The van der Waals surface area contributed by atoms with Gasteiger partial charge in [-0.15, -0.1) is 0 Å². The Morgan fingerprint density at radius 3 is 3.17 bits per heavy atom. The van der Waals surface area contributed by atoms with Crippen molar-refractivity contribution in [3.63, 3.8) is 0 Å². The lowest BCUT2D eigenvalue weighted by Crippen LogP contribution is -2.26. The van der Waals surface area contributed by atoms with E-state index < -0.39 is 0 Å². The van der Waals surface area contributed by atoms with Gasteiger partial charge in [0.1, 0.15) is 0 Å². The summed E-state index contributed by atoms with van der Waals surface area (Å²) in [5.74, 6) is 0.130. The highest BCUT2D eigenvalue weighted by Crippen LogP contribution is 2.17. The van der Waals surface area contributed by atoms with Crippen molar-refractivity contribution in [3.05, 3.63) is 22.4 Å². The van der Waals surface area contributed by atoms with E-state index in [9.17, 15) is 4.79 Å². The number of carbonyl (C=O) groups is 1. The summed E-state index contributed by atoms with van der Waals surface area (Å²) >= 11 is 1.63. The molecule has 1 fully saturated rings. The van der Waals surface area contributed by atoms with Gasteiger partial charge in [-0.25, -0.2) is 0 Å². The van der Waals surface area contributed by atoms with Crippen LogP contribution in [0.2, 0.25) is 0 Å². The second kappa shape index (κ2) is 7.54. The maximum atomic E-state index is 11.6. The minimum atomic E-state index is 0.130. The van der Waals surface area contributed by atoms with E-state index in [1.165, 1.54) is 12.8 Å². The number of hydrogen-bond acceptors (Lipinski definition) is 3. The molecular formula is C14H21NO2S. The van der Waals surface area contributed by atoms with Gasteiger partial charge in [0.05, 0.1) is 12.5 Å². The van der Waals surface area contributed by atoms with Gasteiger partial charge in [0.15, 0.2) is 0 Å². The highest BCUT2D eigenvalue weighted by Gasteiger charge is 2.14. The zero-order valence-corrected chi connectivity index (χ0v) is 11.5. The van der Waals surface area contributed by atoms with Crippen LogP contribution in [0.4, 0.5) is 0 Å². The number of ether oxygens (including phenoxy) is 1. The number of nitrogens with one attached hydrogen (secondary N) is 1. The average molecular weight is 267 g/mol. The number of rotatable bonds is 7. The number of unbranched alkanes of at least 4 members (excludes halogenated alkanes) is 1. The molecule has 3 nitrogen and oxygen atoms in total. The van der Waals surface area contributed by atoms with Crippen molar-refractivity contribution < 1.29 is 9.53 Å². The molecule has 2 rings (SSSR count). The predicted molar refractivity (Wildman–Crippen MR) is 73.9 cm³/mol. The molecule has 0 radical (unpaired) electrons. The first-order chi connectivity index (χ1) is 8.84. The van der Waals surface area contributed by atoms with Crippen molar-refractivity contribution in [2.75, 3.05) is 13.2 Å². The lowest BCUT2D eigenvalue weighted by atomic mass is 10.1. The van der Waals surface area contributed by atoms with Gasteiger partial charge in [-0.2, -0.15) is 11.3 Å². The number of thiophene rings is 1. The van der Waals surface area contributed by atoms with Crippen molar-refractivity contribution in [1.29, 1.82) is 0 Å². The first-order valence-electron chi connectivity index (χ1n) is 6.74. The summed E-state index contributed by atoms with van der Waals surface area (Å²) in [5, 5.41) is 7.00. The highest BCUT2D eigenvalue weighted by atomic mass is 32.1. The van der Waals surface area contributed by atoms with Gasteiger partial charge in [0.2, 0.25) is 5.91 Å². The molecule has 2 heterocycles. The molecule has 4 heteroatoms. The van der Waals surface area contributed by atoms with E-state index in [-0.39, 0.29) is 5.91 Å². The fourth-order valence-electron chi connectivity index (χ4n) is 2.24. The van der Waals surface area contributed by atoms with Crippen molar-refractivity contribution >= 4 is 17.2 Å². The summed E-state index contributed by atoms with van der Waals surface area (Å²) in [4.78, 5) is 11.6. The van der Waals surface area contributed by atoms with E-state index in [0.717, 1.165) is 38.0 Å². The van der Waals surface area contributed by atoms with Gasteiger partial charge in [0.25, 0.3) is 0 Å². The maximum Gasteiger partial charge on any atom is 0.224 e. The van der Waals surface area contributed by atoms with Crippen LogP contribution in [0.25, 0.3) is 0 Å². The second-order valence-electron chi connectivity index (χ2n) is 4.79. The highest BCUT2D eigenvalue weighted by molar-refractivity contribution is 7.07. The number of amides is 1. The monoisotopic (exact) mass is 267 g/mol. The Labute approximate surface area is 113 Å². The third kappa shape index (κ3) is 4.78. The molecule has 18 heavy (non-hydrogen) atoms. The van der Waals surface area contributed by atoms with E-state index in [4.69, 9.17) is 4.74 Å². The van der Waals surface area contributed by atoms with Crippen LogP contribution in [-0.4, -0.2) is 25.2 Å². The number of carbonyl (C=O) groups excluding carboxylic acids is 1. The lowest BCUT2D eigenvalue weighted by Gasteiger charge is -2.09. The molecule has 0 saturated carbocycles. The standard InChI is InChI=1S/C14H21NO2S/c16-14(10-12-6-9-18-11-12)15-7-2-1-4-13-5-3-8-17-13/h6,9,11,13H,1-5,7-8,10H2,(H,15,16)/t13-/m1/s1. The second-order valence-corrected chi connectivity index (χ2v) is 5.57. The molecule has 1 atom stereocenters. The van der Waals surface area contributed by atoms with Gasteiger partial charge in [-0.3, -0.25) is 4.79 Å². The average Bonchev–Trinajstić information content (AvgIpc) is 3.01. The minimum Gasteiger partial charge on any atom is -0.378 e. The van der Waals surface area contributed by atoms with Crippen molar-refractivity contribution in [2.24, 2.45) is 0 Å². The van der Waals surface area contributed by atoms with Crippen LogP contribution in [0.15, 0.2) is 16.8 Å². The van der Waals surface area contributed by atoms with Crippen molar-refractivity contribution in [3.8, 4) is 0 Å². The predicted octanol–water partition coefficient (Wildman–Crippen LogP) is 2.76. The molecule has 0 unspecified atom stereocenters. The van der Waals surface area contributed by atoms with Gasteiger partial charge >= 0.3 is 0 Å². The van der Waals surface area contributed by atoms with Gasteiger partial charge < -0.3 is 10.1 Å². The van der Waals surface area contributed by atoms with Crippen LogP contribution >= 0.6 is 11.3 Å². The first kappa shape index (κ1) is 13.6. The summed E-state index contributed by atoms with van der Waals surface area (Å²) in [6.45, 7) is 1.72. The fraction of sp³-hybridized carbons (Fsp3) is 0.643. The van der Waals surface area contributed by atoms with Crippen LogP contribution in [0.5, 0.6) is 0 Å². The van der Waals surface area contributed by atoms with Crippen LogP contribution in [0.3, 0.4) is 0 Å². The molecule has 1 N–H and O–H groups in total. The zero-order chi connectivity index (χ0) is 12.6. The molecular weight excluding hydrogens is 246 g/mol. The third-order valence-electron chi connectivity index (χ3n) is 3.24. The Morgan fingerprint density at radius 2 is 2.44 bits per heavy atom. The SMILES string of the molecule is O=C(Cc1ccsc1)NCCCC[C@@H]1CCCO1. The zero-order valence-electron chi connectivity index (χ0n) is 10.7. The van der Waals surface area contributed by atoms with Gasteiger partial charge in [-0.05, 0) is 54.5 Å². The van der Waals surface area contributed by atoms with Crippen LogP contribution in [-0.2, 0) is 16.0 Å². The molecule has 0 bridgehead atoms. The molecule has 0 aliphatic carbocycles. The van der Waals surface area contributed by atoms with Crippen LogP contribution < -0.4 is 5.32 Å². The minimum absolute atomic E-state index is 0.130. The molecule has 1 aromatic heterocycles. The van der Waals surface area contributed by atoms with Gasteiger partial charge in [-0.1, -0.05) is 0 Å². The summed E-state index contributed by atoms with van der Waals surface area (Å²) in [7, 11) is 0. The third-order valence-corrected chi connectivity index (χ3v) is 3.98. The topological polar surface area (TPSA) is 38.3 Å². The molecule has 100 valence electrons. The maximum absolute atomic E-state index is 11.6. The quantitative estimate of drug-likeness (QED) is 0.771. The van der Waals surface area contributed by atoms with Crippen molar-refractivity contribution in [2.45, 2.75) is 44.6 Å². The van der Waals surface area contributed by atoms with Crippen LogP contribution in [0, 0.1) is 0 Å². The van der Waals surface area contributed by atoms with E-state index in [1.807, 2.05) is 16.8 Å².